The lowest BCUT2D eigenvalue weighted by atomic mass is 10.1. The van der Waals surface area contributed by atoms with Crippen LogP contribution in [0.1, 0.15) is 18.1 Å². The summed E-state index contributed by atoms with van der Waals surface area (Å²) in [6, 6.07) is 4.23. The molecule has 0 aliphatic heterocycles. The first-order valence-electron chi connectivity index (χ1n) is 7.71. The molecule has 1 aromatic rings. The Morgan fingerprint density at radius 1 is 1.35 bits per heavy atom. The monoisotopic (exact) mass is 366 g/mol. The zero-order chi connectivity index (χ0) is 19.4. The van der Waals surface area contributed by atoms with Crippen molar-refractivity contribution < 1.29 is 27.8 Å². The van der Waals surface area contributed by atoms with Gasteiger partial charge in [0, 0.05) is 11.6 Å². The fourth-order valence-electron chi connectivity index (χ4n) is 2.27. The topological polar surface area (TPSA) is 82.3 Å². The van der Waals surface area contributed by atoms with Crippen molar-refractivity contribution in [2.24, 2.45) is 5.92 Å². The van der Waals surface area contributed by atoms with Gasteiger partial charge < -0.3 is 15.2 Å². The molecule has 0 aromatic heterocycles. The van der Waals surface area contributed by atoms with E-state index in [0.717, 1.165) is 12.1 Å². The number of aliphatic hydroxyl groups is 1. The highest BCUT2D eigenvalue weighted by atomic mass is 19.4. The van der Waals surface area contributed by atoms with Crippen LogP contribution in [0.3, 0.4) is 0 Å². The standard InChI is InChI=1S/C18H17F3N2O3/c1-17(25,11-26-10-12-4-2-3-5-12)16(24)23-14-7-6-13(9-22)15(8-14)18(19,20)21/h2-8,12,25H,10-11H2,1H3,(H,23,24)/t17-/m1/s1. The average Bonchev–Trinajstić information content (AvgIpc) is 3.07. The van der Waals surface area contributed by atoms with Gasteiger partial charge in [-0.25, -0.2) is 0 Å². The summed E-state index contributed by atoms with van der Waals surface area (Å²) in [7, 11) is 0. The molecule has 2 N–H and O–H groups in total. The van der Waals surface area contributed by atoms with E-state index in [9.17, 15) is 23.1 Å². The molecule has 8 heteroatoms. The van der Waals surface area contributed by atoms with Gasteiger partial charge in [0.2, 0.25) is 0 Å². The summed E-state index contributed by atoms with van der Waals surface area (Å²) < 4.78 is 44.2. The third-order valence-corrected chi connectivity index (χ3v) is 3.71. The molecule has 1 aliphatic rings. The van der Waals surface area contributed by atoms with E-state index in [0.29, 0.717) is 6.07 Å². The molecule has 5 nitrogen and oxygen atoms in total. The lowest BCUT2D eigenvalue weighted by molar-refractivity contribution is -0.139. The summed E-state index contributed by atoms with van der Waals surface area (Å²) in [6.45, 7) is 1.15. The molecule has 138 valence electrons. The number of anilines is 1. The maximum Gasteiger partial charge on any atom is 0.417 e. The number of carbonyl (C=O) groups excluding carboxylic acids is 1. The zero-order valence-corrected chi connectivity index (χ0v) is 13.9. The second kappa shape index (κ2) is 7.72. The van der Waals surface area contributed by atoms with Crippen LogP contribution < -0.4 is 5.32 Å². The Hall–Kier alpha value is -2.63. The number of amides is 1. The molecule has 1 aliphatic carbocycles. The molecular weight excluding hydrogens is 349 g/mol. The molecule has 0 unspecified atom stereocenters. The highest BCUT2D eigenvalue weighted by Gasteiger charge is 2.35. The number of allylic oxidation sites excluding steroid dienone is 2. The van der Waals surface area contributed by atoms with Gasteiger partial charge in [0.05, 0.1) is 30.4 Å². The molecule has 26 heavy (non-hydrogen) atoms. The van der Waals surface area contributed by atoms with Crippen molar-refractivity contribution in [1.82, 2.24) is 0 Å². The Morgan fingerprint density at radius 2 is 2.00 bits per heavy atom. The molecule has 0 fully saturated rings. The van der Waals surface area contributed by atoms with Crippen LogP contribution in [0.4, 0.5) is 18.9 Å². The molecule has 0 spiro atoms. The smallest absolute Gasteiger partial charge is 0.378 e. The van der Waals surface area contributed by atoms with Gasteiger partial charge in [-0.3, -0.25) is 4.79 Å². The molecule has 1 aromatic carbocycles. The number of hydrogen-bond donors (Lipinski definition) is 2. The molecular formula is C18H17F3N2O3. The van der Waals surface area contributed by atoms with Crippen molar-refractivity contribution in [3.8, 4) is 6.07 Å². The van der Waals surface area contributed by atoms with Gasteiger partial charge >= 0.3 is 6.18 Å². The molecule has 0 radical (unpaired) electrons. The number of nitrogens with zero attached hydrogens (tertiary/aromatic N) is 1. The normalized spacial score (nSPS) is 16.3. The Labute approximate surface area is 148 Å². The maximum absolute atomic E-state index is 13.0. The minimum Gasteiger partial charge on any atom is -0.378 e. The van der Waals surface area contributed by atoms with Gasteiger partial charge in [0.15, 0.2) is 5.60 Å². The highest BCUT2D eigenvalue weighted by molar-refractivity contribution is 5.97. The van der Waals surface area contributed by atoms with Crippen molar-refractivity contribution in [2.45, 2.75) is 18.7 Å². The molecule has 2 rings (SSSR count). The lowest BCUT2D eigenvalue weighted by Crippen LogP contribution is -2.44. The van der Waals surface area contributed by atoms with Crippen LogP contribution in [0, 0.1) is 17.2 Å². The summed E-state index contributed by atoms with van der Waals surface area (Å²) in [6.07, 6.45) is 2.75. The van der Waals surface area contributed by atoms with Crippen molar-refractivity contribution >= 4 is 11.6 Å². The predicted molar refractivity (Wildman–Crippen MR) is 88.0 cm³/mol. The van der Waals surface area contributed by atoms with Gasteiger partial charge in [0.1, 0.15) is 0 Å². The molecule has 0 saturated carbocycles. The van der Waals surface area contributed by atoms with Crippen molar-refractivity contribution in [3.63, 3.8) is 0 Å². The van der Waals surface area contributed by atoms with E-state index in [2.05, 4.69) is 5.32 Å². The summed E-state index contributed by atoms with van der Waals surface area (Å²) in [5, 5.41) is 21.2. The van der Waals surface area contributed by atoms with E-state index in [-0.39, 0.29) is 24.8 Å². The number of halogens is 3. The Bertz CT molecular complexity index is 765. The van der Waals surface area contributed by atoms with Gasteiger partial charge in [-0.15, -0.1) is 0 Å². The molecule has 1 atom stereocenters. The number of rotatable bonds is 6. The van der Waals surface area contributed by atoms with Crippen molar-refractivity contribution in [3.05, 3.63) is 53.6 Å². The van der Waals surface area contributed by atoms with Crippen LogP contribution in [0.25, 0.3) is 0 Å². The molecule has 0 bridgehead atoms. The fourth-order valence-corrected chi connectivity index (χ4v) is 2.27. The first kappa shape index (κ1) is 19.7. The minimum absolute atomic E-state index is 0.0572. The summed E-state index contributed by atoms with van der Waals surface area (Å²) in [5.74, 6) is -0.852. The quantitative estimate of drug-likeness (QED) is 0.811. The fraction of sp³-hybridized carbons (Fsp3) is 0.333. The predicted octanol–water partition coefficient (Wildman–Crippen LogP) is 3.03. The molecule has 1 amide bonds. The van der Waals surface area contributed by atoms with Gasteiger partial charge in [0.25, 0.3) is 5.91 Å². The van der Waals surface area contributed by atoms with Crippen molar-refractivity contribution in [1.29, 1.82) is 5.26 Å². The van der Waals surface area contributed by atoms with E-state index in [1.807, 2.05) is 24.3 Å². The van der Waals surface area contributed by atoms with Crippen LogP contribution in [-0.2, 0) is 15.7 Å². The van der Waals surface area contributed by atoms with Crippen molar-refractivity contribution in [2.75, 3.05) is 18.5 Å². The Kier molecular flexibility index (Phi) is 5.85. The first-order valence-corrected chi connectivity index (χ1v) is 7.71. The summed E-state index contributed by atoms with van der Waals surface area (Å²) in [4.78, 5) is 12.2. The van der Waals surface area contributed by atoms with Crippen LogP contribution in [0.15, 0.2) is 42.5 Å². The van der Waals surface area contributed by atoms with E-state index in [1.54, 1.807) is 0 Å². The van der Waals surface area contributed by atoms with Crippen LogP contribution in [0.2, 0.25) is 0 Å². The largest absolute Gasteiger partial charge is 0.417 e. The van der Waals surface area contributed by atoms with E-state index in [4.69, 9.17) is 10.00 Å². The number of nitriles is 1. The number of ether oxygens (including phenoxy) is 1. The highest BCUT2D eigenvalue weighted by Crippen LogP contribution is 2.33. The van der Waals surface area contributed by atoms with Crippen LogP contribution in [-0.4, -0.2) is 29.8 Å². The van der Waals surface area contributed by atoms with E-state index < -0.39 is 28.8 Å². The van der Waals surface area contributed by atoms with Gasteiger partial charge in [-0.2, -0.15) is 18.4 Å². The number of alkyl halides is 3. The van der Waals surface area contributed by atoms with E-state index in [1.165, 1.54) is 13.0 Å². The Morgan fingerprint density at radius 3 is 2.58 bits per heavy atom. The zero-order valence-electron chi connectivity index (χ0n) is 13.9. The number of carbonyl (C=O) groups is 1. The van der Waals surface area contributed by atoms with Gasteiger partial charge in [-0.05, 0) is 25.1 Å². The second-order valence-electron chi connectivity index (χ2n) is 6.05. The third-order valence-electron chi connectivity index (χ3n) is 3.71. The summed E-state index contributed by atoms with van der Waals surface area (Å²) in [5.41, 5.74) is -3.82. The van der Waals surface area contributed by atoms with Gasteiger partial charge in [-0.1, -0.05) is 24.3 Å². The van der Waals surface area contributed by atoms with Crippen LogP contribution in [0.5, 0.6) is 0 Å². The SMILES string of the molecule is C[C@@](O)(COCC1C=CC=C1)C(=O)Nc1ccc(C#N)c(C(F)(F)F)c1. The van der Waals surface area contributed by atoms with Crippen LogP contribution >= 0.6 is 0 Å². The number of hydrogen-bond acceptors (Lipinski definition) is 4. The first-order chi connectivity index (χ1) is 12.1. The third kappa shape index (κ3) is 4.94. The second-order valence-corrected chi connectivity index (χ2v) is 6.05. The number of benzene rings is 1. The lowest BCUT2D eigenvalue weighted by Gasteiger charge is -2.23. The maximum atomic E-state index is 13.0. The average molecular weight is 366 g/mol. The number of nitrogens with one attached hydrogen (secondary N) is 1. The molecule has 0 heterocycles. The van der Waals surface area contributed by atoms with E-state index >= 15 is 0 Å². The minimum atomic E-state index is -4.74. The molecule has 0 saturated heterocycles. The Balaban J connectivity index is 2.02. The summed E-state index contributed by atoms with van der Waals surface area (Å²) >= 11 is 0.